The minimum atomic E-state index is 0.852. The largest absolute Gasteiger partial charge is 0.309 e. The van der Waals surface area contributed by atoms with Crippen LogP contribution in [-0.4, -0.2) is 50.6 Å². The highest BCUT2D eigenvalue weighted by molar-refractivity contribution is 4.51. The van der Waals surface area contributed by atoms with Crippen LogP contribution in [0.4, 0.5) is 0 Å². The zero-order chi connectivity index (χ0) is 12.3. The maximum atomic E-state index is 2.31. The van der Waals surface area contributed by atoms with E-state index in [1.54, 1.807) is 0 Å². The Labute approximate surface area is 97.6 Å². The Morgan fingerprint density at radius 2 is 1.53 bits per heavy atom. The molecule has 0 fully saturated rings. The predicted octanol–water partition coefficient (Wildman–Crippen LogP) is 2.94. The monoisotopic (exact) mass is 216 g/mol. The maximum absolute atomic E-state index is 2.31. The molecule has 0 radical (unpaired) electrons. The summed E-state index contributed by atoms with van der Waals surface area (Å²) in [5, 5.41) is 0. The first kappa shape index (κ1) is 17.3. The topological polar surface area (TPSA) is 6.48 Å². The molecule has 0 saturated carbocycles. The van der Waals surface area contributed by atoms with E-state index in [9.17, 15) is 0 Å². The van der Waals surface area contributed by atoms with Crippen LogP contribution in [0, 0.1) is 5.92 Å². The van der Waals surface area contributed by atoms with E-state index in [1.165, 1.54) is 32.5 Å². The average Bonchev–Trinajstić information content (AvgIpc) is 2.18. The summed E-state index contributed by atoms with van der Waals surface area (Å²) in [7, 11) is 6.38. The van der Waals surface area contributed by atoms with E-state index in [-0.39, 0.29) is 0 Å². The summed E-state index contributed by atoms with van der Waals surface area (Å²) in [5.74, 6) is 0.852. The average molecular weight is 216 g/mol. The van der Waals surface area contributed by atoms with Crippen molar-refractivity contribution < 1.29 is 0 Å². The highest BCUT2D eigenvalue weighted by Gasteiger charge is 1.97. The predicted molar refractivity (Wildman–Crippen MR) is 71.5 cm³/mol. The fourth-order valence-electron chi connectivity index (χ4n) is 1.29. The molecule has 0 aromatic carbocycles. The molecular formula is C13H32N2. The van der Waals surface area contributed by atoms with Crippen molar-refractivity contribution in [2.24, 2.45) is 5.92 Å². The number of hydrogen-bond donors (Lipinski definition) is 0. The Morgan fingerprint density at radius 3 is 1.67 bits per heavy atom. The molecule has 0 amide bonds. The van der Waals surface area contributed by atoms with Crippen molar-refractivity contribution in [1.82, 2.24) is 9.80 Å². The van der Waals surface area contributed by atoms with Crippen molar-refractivity contribution in [3.05, 3.63) is 0 Å². The summed E-state index contributed by atoms with van der Waals surface area (Å²) in [6, 6.07) is 0. The van der Waals surface area contributed by atoms with E-state index in [4.69, 9.17) is 0 Å². The summed E-state index contributed by atoms with van der Waals surface area (Å²) in [4.78, 5) is 4.54. The van der Waals surface area contributed by atoms with Crippen LogP contribution in [0.5, 0.6) is 0 Å². The quantitative estimate of drug-likeness (QED) is 0.673. The van der Waals surface area contributed by atoms with Gasteiger partial charge in [0.25, 0.3) is 0 Å². The fourth-order valence-corrected chi connectivity index (χ4v) is 1.29. The molecule has 0 aromatic heterocycles. The fraction of sp³-hybridized carbons (Fsp3) is 1.00. The maximum Gasteiger partial charge on any atom is 0.0000818 e. The number of nitrogens with zero attached hydrogens (tertiary/aromatic N) is 2. The normalized spacial score (nSPS) is 12.6. The molecule has 0 aromatic rings. The van der Waals surface area contributed by atoms with Crippen LogP contribution in [0.2, 0.25) is 0 Å². The van der Waals surface area contributed by atoms with Crippen LogP contribution < -0.4 is 0 Å². The molecule has 0 bridgehead atoms. The minimum Gasteiger partial charge on any atom is -0.309 e. The van der Waals surface area contributed by atoms with Gasteiger partial charge < -0.3 is 9.80 Å². The van der Waals surface area contributed by atoms with E-state index < -0.39 is 0 Å². The molecule has 0 spiro atoms. The Kier molecular flexibility index (Phi) is 13.8. The molecule has 0 saturated heterocycles. The standard InChI is InChI=1S/C7H17N.C6H15N/c1-5-7(2)6-8(3)4;1-4-6-7(3)5-2/h7H,5-6H2,1-4H3;4-6H2,1-3H3. The zero-order valence-electron chi connectivity index (χ0n) is 12.0. The Morgan fingerprint density at radius 1 is 1.00 bits per heavy atom. The second-order valence-corrected chi connectivity index (χ2v) is 4.67. The van der Waals surface area contributed by atoms with Gasteiger partial charge in [-0.15, -0.1) is 0 Å². The molecule has 1 unspecified atom stereocenters. The van der Waals surface area contributed by atoms with Crippen LogP contribution in [0.25, 0.3) is 0 Å². The number of rotatable bonds is 6. The second-order valence-electron chi connectivity index (χ2n) is 4.67. The smallest absolute Gasteiger partial charge is 0.0000818 e. The third-order valence-electron chi connectivity index (χ3n) is 2.52. The summed E-state index contributed by atoms with van der Waals surface area (Å²) >= 11 is 0. The van der Waals surface area contributed by atoms with Gasteiger partial charge in [0.05, 0.1) is 0 Å². The SMILES string of the molecule is CCC(C)CN(C)C.CCCN(C)CC. The van der Waals surface area contributed by atoms with Gasteiger partial charge >= 0.3 is 0 Å². The summed E-state index contributed by atoms with van der Waals surface area (Å²) in [6.45, 7) is 12.5. The molecule has 94 valence electrons. The first-order chi connectivity index (χ1) is 6.97. The van der Waals surface area contributed by atoms with E-state index in [0.717, 1.165) is 5.92 Å². The van der Waals surface area contributed by atoms with Gasteiger partial charge in [0.1, 0.15) is 0 Å². The van der Waals surface area contributed by atoms with Crippen molar-refractivity contribution >= 4 is 0 Å². The molecule has 0 aliphatic carbocycles. The van der Waals surface area contributed by atoms with Crippen molar-refractivity contribution in [2.45, 2.75) is 40.5 Å². The lowest BCUT2D eigenvalue weighted by Gasteiger charge is -2.13. The molecule has 2 heteroatoms. The van der Waals surface area contributed by atoms with Gasteiger partial charge in [-0.25, -0.2) is 0 Å². The Bertz CT molecular complexity index is 113. The second kappa shape index (κ2) is 12.0. The lowest BCUT2D eigenvalue weighted by molar-refractivity contribution is 0.334. The first-order valence-corrected chi connectivity index (χ1v) is 6.31. The summed E-state index contributed by atoms with van der Waals surface area (Å²) in [5.41, 5.74) is 0. The molecular weight excluding hydrogens is 184 g/mol. The first-order valence-electron chi connectivity index (χ1n) is 6.31. The Balaban J connectivity index is 0. The third kappa shape index (κ3) is 16.6. The van der Waals surface area contributed by atoms with Gasteiger partial charge in [0.2, 0.25) is 0 Å². The van der Waals surface area contributed by atoms with Crippen LogP contribution in [0.3, 0.4) is 0 Å². The highest BCUT2D eigenvalue weighted by atomic mass is 15.1. The third-order valence-corrected chi connectivity index (χ3v) is 2.52. The lowest BCUT2D eigenvalue weighted by Crippen LogP contribution is -2.18. The van der Waals surface area contributed by atoms with Crippen molar-refractivity contribution in [3.63, 3.8) is 0 Å². The molecule has 2 nitrogen and oxygen atoms in total. The molecule has 0 aliphatic heterocycles. The molecule has 0 rings (SSSR count). The molecule has 0 heterocycles. The van der Waals surface area contributed by atoms with Gasteiger partial charge in [-0.05, 0) is 46.6 Å². The van der Waals surface area contributed by atoms with Crippen LogP contribution in [0.15, 0.2) is 0 Å². The zero-order valence-corrected chi connectivity index (χ0v) is 12.0. The molecule has 15 heavy (non-hydrogen) atoms. The van der Waals surface area contributed by atoms with Gasteiger partial charge in [0.15, 0.2) is 0 Å². The lowest BCUT2D eigenvalue weighted by atomic mass is 10.1. The van der Waals surface area contributed by atoms with Crippen molar-refractivity contribution in [3.8, 4) is 0 Å². The van der Waals surface area contributed by atoms with Gasteiger partial charge in [-0.1, -0.05) is 34.1 Å². The summed E-state index contributed by atoms with van der Waals surface area (Å²) < 4.78 is 0. The molecule has 0 N–H and O–H groups in total. The van der Waals surface area contributed by atoms with Gasteiger partial charge in [-0.2, -0.15) is 0 Å². The van der Waals surface area contributed by atoms with Gasteiger partial charge in [0, 0.05) is 6.54 Å². The van der Waals surface area contributed by atoms with E-state index in [1.807, 2.05) is 0 Å². The van der Waals surface area contributed by atoms with Crippen LogP contribution >= 0.6 is 0 Å². The minimum absolute atomic E-state index is 0.852. The number of hydrogen-bond acceptors (Lipinski definition) is 2. The van der Waals surface area contributed by atoms with E-state index >= 15 is 0 Å². The van der Waals surface area contributed by atoms with Crippen LogP contribution in [-0.2, 0) is 0 Å². The van der Waals surface area contributed by atoms with E-state index in [0.29, 0.717) is 0 Å². The highest BCUT2D eigenvalue weighted by Crippen LogP contribution is 1.99. The Hall–Kier alpha value is -0.0800. The van der Waals surface area contributed by atoms with Crippen molar-refractivity contribution in [2.75, 3.05) is 40.8 Å². The van der Waals surface area contributed by atoms with Gasteiger partial charge in [-0.3, -0.25) is 0 Å². The van der Waals surface area contributed by atoms with Crippen LogP contribution in [0.1, 0.15) is 40.5 Å². The van der Waals surface area contributed by atoms with Crippen molar-refractivity contribution in [1.29, 1.82) is 0 Å². The molecule has 1 atom stereocenters. The molecule has 0 aliphatic rings. The summed E-state index contributed by atoms with van der Waals surface area (Å²) in [6.07, 6.45) is 2.56. The van der Waals surface area contributed by atoms with E-state index in [2.05, 4.69) is 58.6 Å².